The fourth-order valence-electron chi connectivity index (χ4n) is 2.34. The van der Waals surface area contributed by atoms with Crippen molar-refractivity contribution in [1.82, 2.24) is 9.97 Å². The van der Waals surface area contributed by atoms with Crippen LogP contribution >= 0.6 is 0 Å². The number of carbonyl (C=O) groups is 2. The van der Waals surface area contributed by atoms with Crippen molar-refractivity contribution in [3.05, 3.63) is 54.1 Å². The van der Waals surface area contributed by atoms with E-state index < -0.39 is 5.97 Å². The molecule has 0 aliphatic carbocycles. The van der Waals surface area contributed by atoms with Gasteiger partial charge >= 0.3 is 5.97 Å². The van der Waals surface area contributed by atoms with Gasteiger partial charge in [0, 0.05) is 16.6 Å². The quantitative estimate of drug-likeness (QED) is 0.594. The summed E-state index contributed by atoms with van der Waals surface area (Å²) in [6, 6.07) is 14.3. The first-order valence-corrected chi connectivity index (χ1v) is 7.63. The van der Waals surface area contributed by atoms with E-state index in [1.165, 1.54) is 6.92 Å². The van der Waals surface area contributed by atoms with Crippen LogP contribution in [0.25, 0.3) is 10.9 Å². The fourth-order valence-corrected chi connectivity index (χ4v) is 2.34. The first-order valence-electron chi connectivity index (χ1n) is 7.63. The number of ketones is 1. The van der Waals surface area contributed by atoms with Crippen LogP contribution in [0.4, 0.5) is 17.5 Å². The summed E-state index contributed by atoms with van der Waals surface area (Å²) in [5, 5.41) is 15.5. The Balaban J connectivity index is 1.92. The molecule has 0 saturated heterocycles. The van der Waals surface area contributed by atoms with E-state index >= 15 is 0 Å². The number of aromatic nitrogens is 2. The Morgan fingerprint density at radius 3 is 2.44 bits per heavy atom. The van der Waals surface area contributed by atoms with Gasteiger partial charge in [-0.1, -0.05) is 12.1 Å². The van der Waals surface area contributed by atoms with Gasteiger partial charge in [-0.25, -0.2) is 4.98 Å². The predicted molar refractivity (Wildman–Crippen MR) is 95.4 cm³/mol. The van der Waals surface area contributed by atoms with Gasteiger partial charge in [-0.2, -0.15) is 4.98 Å². The van der Waals surface area contributed by atoms with E-state index in [0.29, 0.717) is 22.8 Å². The molecule has 1 heterocycles. The highest BCUT2D eigenvalue weighted by Crippen LogP contribution is 2.23. The number of carboxylic acid groups (broad SMARTS) is 1. The van der Waals surface area contributed by atoms with Crippen LogP contribution in [-0.2, 0) is 4.79 Å². The molecule has 0 unspecified atom stereocenters. The summed E-state index contributed by atoms with van der Waals surface area (Å²) in [7, 11) is 0. The summed E-state index contributed by atoms with van der Waals surface area (Å²) in [6.07, 6.45) is 0. The highest BCUT2D eigenvalue weighted by atomic mass is 16.4. The molecule has 3 aromatic rings. The number of Topliss-reactive ketones (excluding diaryl/α,β-unsaturated/α-hetero) is 1. The van der Waals surface area contributed by atoms with Gasteiger partial charge in [0.05, 0.1) is 5.52 Å². The number of nitrogens with zero attached hydrogens (tertiary/aromatic N) is 2. The second-order valence-corrected chi connectivity index (χ2v) is 5.42. The normalized spacial score (nSPS) is 10.4. The number of carbonyl (C=O) groups excluding carboxylic acids is 1. The maximum absolute atomic E-state index is 11.3. The molecule has 7 nitrogen and oxygen atoms in total. The molecule has 0 radical (unpaired) electrons. The summed E-state index contributed by atoms with van der Waals surface area (Å²) in [5.41, 5.74) is 2.03. The number of rotatable bonds is 6. The van der Waals surface area contributed by atoms with Gasteiger partial charge < -0.3 is 15.7 Å². The Kier molecular flexibility index (Phi) is 4.56. The average molecular weight is 336 g/mol. The first kappa shape index (κ1) is 16.4. The van der Waals surface area contributed by atoms with Crippen molar-refractivity contribution in [2.45, 2.75) is 6.92 Å². The van der Waals surface area contributed by atoms with Crippen molar-refractivity contribution < 1.29 is 14.7 Å². The Morgan fingerprint density at radius 1 is 1.04 bits per heavy atom. The smallest absolute Gasteiger partial charge is 0.322 e. The zero-order chi connectivity index (χ0) is 17.8. The topological polar surface area (TPSA) is 104 Å². The number of hydrogen-bond donors (Lipinski definition) is 3. The molecule has 0 saturated carbocycles. The molecule has 0 aliphatic rings. The Hall–Kier alpha value is -3.48. The van der Waals surface area contributed by atoms with Crippen LogP contribution in [0.3, 0.4) is 0 Å². The number of hydrogen-bond acceptors (Lipinski definition) is 6. The van der Waals surface area contributed by atoms with Crippen molar-refractivity contribution in [3.8, 4) is 0 Å². The van der Waals surface area contributed by atoms with Crippen molar-refractivity contribution >= 4 is 40.1 Å². The molecule has 25 heavy (non-hydrogen) atoms. The number of benzene rings is 2. The minimum Gasteiger partial charge on any atom is -0.480 e. The monoisotopic (exact) mass is 336 g/mol. The Morgan fingerprint density at radius 2 is 1.76 bits per heavy atom. The molecule has 126 valence electrons. The lowest BCUT2D eigenvalue weighted by Crippen LogP contribution is -2.14. The first-order chi connectivity index (χ1) is 12.0. The highest BCUT2D eigenvalue weighted by Gasteiger charge is 2.09. The molecule has 0 spiro atoms. The SMILES string of the molecule is CC(=O)c1ccc(Nc2nc(NCC(=O)O)c3ccccc3n2)cc1. The van der Waals surface area contributed by atoms with Crippen LogP contribution in [0.1, 0.15) is 17.3 Å². The summed E-state index contributed by atoms with van der Waals surface area (Å²) in [4.78, 5) is 31.0. The molecule has 0 fully saturated rings. The maximum Gasteiger partial charge on any atom is 0.322 e. The van der Waals surface area contributed by atoms with E-state index in [9.17, 15) is 9.59 Å². The van der Waals surface area contributed by atoms with Crippen LogP contribution < -0.4 is 10.6 Å². The van der Waals surface area contributed by atoms with E-state index in [2.05, 4.69) is 20.6 Å². The number of anilines is 3. The van der Waals surface area contributed by atoms with Crippen LogP contribution in [0.5, 0.6) is 0 Å². The summed E-state index contributed by atoms with van der Waals surface area (Å²) >= 11 is 0. The number of fused-ring (bicyclic) bond motifs is 1. The van der Waals surface area contributed by atoms with Gasteiger partial charge in [0.25, 0.3) is 0 Å². The lowest BCUT2D eigenvalue weighted by Gasteiger charge is -2.11. The van der Waals surface area contributed by atoms with Crippen molar-refractivity contribution in [2.75, 3.05) is 17.2 Å². The van der Waals surface area contributed by atoms with E-state index in [1.54, 1.807) is 24.3 Å². The van der Waals surface area contributed by atoms with Crippen LogP contribution in [0.15, 0.2) is 48.5 Å². The van der Waals surface area contributed by atoms with Crippen LogP contribution in [-0.4, -0.2) is 33.4 Å². The molecule has 3 N–H and O–H groups in total. The summed E-state index contributed by atoms with van der Waals surface area (Å²) in [6.45, 7) is 1.27. The third kappa shape index (κ3) is 3.89. The number of aliphatic carboxylic acids is 1. The van der Waals surface area contributed by atoms with Gasteiger partial charge in [0.1, 0.15) is 12.4 Å². The zero-order valence-electron chi connectivity index (χ0n) is 13.5. The number of nitrogens with one attached hydrogen (secondary N) is 2. The van der Waals surface area contributed by atoms with Crippen LogP contribution in [0, 0.1) is 0 Å². The highest BCUT2D eigenvalue weighted by molar-refractivity contribution is 5.94. The van der Waals surface area contributed by atoms with Gasteiger partial charge in [0.2, 0.25) is 5.95 Å². The van der Waals surface area contributed by atoms with Crippen LogP contribution in [0.2, 0.25) is 0 Å². The van der Waals surface area contributed by atoms with Gasteiger partial charge in [-0.3, -0.25) is 9.59 Å². The molecule has 0 atom stereocenters. The molecule has 0 bridgehead atoms. The van der Waals surface area contributed by atoms with E-state index in [0.717, 1.165) is 11.1 Å². The lowest BCUT2D eigenvalue weighted by molar-refractivity contribution is -0.134. The molecule has 0 amide bonds. The number of carboxylic acids is 1. The molecule has 2 aromatic carbocycles. The third-order valence-electron chi connectivity index (χ3n) is 3.56. The fraction of sp³-hybridized carbons (Fsp3) is 0.111. The molecule has 3 rings (SSSR count). The van der Waals surface area contributed by atoms with E-state index in [-0.39, 0.29) is 12.3 Å². The minimum atomic E-state index is -0.975. The van der Waals surface area contributed by atoms with Gasteiger partial charge in [-0.05, 0) is 43.3 Å². The molecular weight excluding hydrogens is 320 g/mol. The van der Waals surface area contributed by atoms with Gasteiger partial charge in [0.15, 0.2) is 5.78 Å². The largest absolute Gasteiger partial charge is 0.480 e. The van der Waals surface area contributed by atoms with E-state index in [4.69, 9.17) is 5.11 Å². The molecule has 7 heteroatoms. The second kappa shape index (κ2) is 6.96. The lowest BCUT2D eigenvalue weighted by atomic mass is 10.1. The molecule has 1 aromatic heterocycles. The minimum absolute atomic E-state index is 0.00587. The third-order valence-corrected chi connectivity index (χ3v) is 3.56. The molecular formula is C18H16N4O3. The Bertz CT molecular complexity index is 939. The zero-order valence-corrected chi connectivity index (χ0v) is 13.5. The van der Waals surface area contributed by atoms with Crippen molar-refractivity contribution in [1.29, 1.82) is 0 Å². The standard InChI is InChI=1S/C18H16N4O3/c1-11(23)12-6-8-13(9-7-12)20-18-21-15-5-3-2-4-14(15)17(22-18)19-10-16(24)25/h2-9H,10H2,1H3,(H,24,25)(H2,19,20,21,22). The van der Waals surface area contributed by atoms with Gasteiger partial charge in [-0.15, -0.1) is 0 Å². The predicted octanol–water partition coefficient (Wildman–Crippen LogP) is 3.07. The van der Waals surface area contributed by atoms with Crippen molar-refractivity contribution in [2.24, 2.45) is 0 Å². The maximum atomic E-state index is 11.3. The summed E-state index contributed by atoms with van der Waals surface area (Å²) < 4.78 is 0. The molecule has 0 aliphatic heterocycles. The summed E-state index contributed by atoms with van der Waals surface area (Å²) in [5.74, 6) is -0.205. The number of para-hydroxylation sites is 1. The van der Waals surface area contributed by atoms with Crippen molar-refractivity contribution in [3.63, 3.8) is 0 Å². The average Bonchev–Trinajstić information content (AvgIpc) is 2.60. The second-order valence-electron chi connectivity index (χ2n) is 5.42. The van der Waals surface area contributed by atoms with E-state index in [1.807, 2.05) is 24.3 Å². The Labute approximate surface area is 143 Å².